The Balaban J connectivity index is 1.78. The zero-order chi connectivity index (χ0) is 36.0. The van der Waals surface area contributed by atoms with Gasteiger partial charge in [0.05, 0.1) is 98.9 Å². The zero-order valence-corrected chi connectivity index (χ0v) is 28.4. The van der Waals surface area contributed by atoms with Gasteiger partial charge in [0, 0.05) is 6.42 Å². The van der Waals surface area contributed by atoms with E-state index in [1.54, 1.807) is 0 Å². The van der Waals surface area contributed by atoms with Gasteiger partial charge in [0.2, 0.25) is 34.8 Å². The molecule has 49 heavy (non-hydrogen) atoms. The van der Waals surface area contributed by atoms with Crippen LogP contribution in [0.1, 0.15) is 64.7 Å². The monoisotopic (exact) mass is 718 g/mol. The Morgan fingerprint density at radius 3 is 1.18 bits per heavy atom. The maximum Gasteiger partial charge on any atom is 0.313 e. The van der Waals surface area contributed by atoms with Gasteiger partial charge in [-0.25, -0.2) is 13.2 Å². The highest BCUT2D eigenvalue weighted by atomic mass is 19.2. The lowest BCUT2D eigenvalue weighted by atomic mass is 10.1. The van der Waals surface area contributed by atoms with Crippen LogP contribution >= 0.6 is 0 Å². The van der Waals surface area contributed by atoms with Gasteiger partial charge in [0.1, 0.15) is 6.61 Å². The Hall–Kier alpha value is -2.47. The lowest BCUT2D eigenvalue weighted by Crippen LogP contribution is -2.16. The third-order valence-electron chi connectivity index (χ3n) is 6.54. The first kappa shape index (κ1) is 44.6. The molecule has 0 amide bonds. The molecule has 0 heterocycles. The van der Waals surface area contributed by atoms with Crippen LogP contribution in [0, 0.1) is 29.1 Å². The standard InChI is InChI=1S/C33H51F5O11/c1-2-3-4-5-6-7-8-9-26(39)48-25-24-47-23-22-46-21-20-45-19-18-44-17-16-43-15-14-42-13-12-41-11-10-27(40)49-33-31(37)29(35)28(34)30(36)32(33)38/h2-25H2,1H3. The number of unbranched alkanes of at least 4 members (excludes halogenated alkanes) is 6. The molecule has 1 aromatic carbocycles. The summed E-state index contributed by atoms with van der Waals surface area (Å²) in [4.78, 5) is 23.3. The molecule has 0 unspecified atom stereocenters. The minimum atomic E-state index is -2.35. The molecular formula is C33H51F5O11. The number of carbonyl (C=O) groups is 2. The summed E-state index contributed by atoms with van der Waals surface area (Å²) in [5, 5.41) is 0. The quantitative estimate of drug-likeness (QED) is 0.0230. The van der Waals surface area contributed by atoms with E-state index in [0.29, 0.717) is 72.5 Å². The second-order valence-corrected chi connectivity index (χ2v) is 10.5. The molecule has 0 radical (unpaired) electrons. The normalized spacial score (nSPS) is 11.3. The average molecular weight is 719 g/mol. The highest BCUT2D eigenvalue weighted by Crippen LogP contribution is 2.29. The van der Waals surface area contributed by atoms with Crippen molar-refractivity contribution in [3.63, 3.8) is 0 Å². The second kappa shape index (κ2) is 30.4. The van der Waals surface area contributed by atoms with Crippen molar-refractivity contribution >= 4 is 11.9 Å². The van der Waals surface area contributed by atoms with Crippen molar-refractivity contribution in [1.82, 2.24) is 0 Å². The Bertz CT molecular complexity index is 991. The molecular weight excluding hydrogens is 667 g/mol. The van der Waals surface area contributed by atoms with E-state index in [0.717, 1.165) is 12.8 Å². The summed E-state index contributed by atoms with van der Waals surface area (Å²) in [6.45, 7) is 6.55. The molecule has 0 N–H and O–H groups in total. The highest BCUT2D eigenvalue weighted by Gasteiger charge is 2.28. The van der Waals surface area contributed by atoms with Gasteiger partial charge in [-0.15, -0.1) is 0 Å². The first-order valence-corrected chi connectivity index (χ1v) is 16.7. The molecule has 1 aromatic rings. The smallest absolute Gasteiger partial charge is 0.313 e. The largest absolute Gasteiger partial charge is 0.463 e. The van der Waals surface area contributed by atoms with Crippen LogP contribution < -0.4 is 4.74 Å². The van der Waals surface area contributed by atoms with Crippen molar-refractivity contribution in [3.05, 3.63) is 29.1 Å². The van der Waals surface area contributed by atoms with Gasteiger partial charge >= 0.3 is 11.9 Å². The lowest BCUT2D eigenvalue weighted by molar-refractivity contribution is -0.145. The molecule has 0 aliphatic carbocycles. The van der Waals surface area contributed by atoms with Crippen molar-refractivity contribution in [1.29, 1.82) is 0 Å². The fraction of sp³-hybridized carbons (Fsp3) is 0.758. The van der Waals surface area contributed by atoms with E-state index < -0.39 is 47.2 Å². The molecule has 0 fully saturated rings. The molecule has 0 aliphatic heterocycles. The number of esters is 2. The van der Waals surface area contributed by atoms with Crippen LogP contribution in [-0.2, 0) is 47.5 Å². The molecule has 0 aliphatic rings. The maximum atomic E-state index is 13.5. The van der Waals surface area contributed by atoms with Crippen molar-refractivity contribution in [3.8, 4) is 5.75 Å². The van der Waals surface area contributed by atoms with Crippen LogP contribution in [0.2, 0.25) is 0 Å². The van der Waals surface area contributed by atoms with E-state index in [2.05, 4.69) is 11.7 Å². The molecule has 0 spiro atoms. The van der Waals surface area contributed by atoms with Crippen molar-refractivity contribution in [2.24, 2.45) is 0 Å². The molecule has 1 rings (SSSR count). The number of carbonyl (C=O) groups excluding carboxylic acids is 2. The van der Waals surface area contributed by atoms with E-state index >= 15 is 0 Å². The van der Waals surface area contributed by atoms with Gasteiger partial charge in [-0.1, -0.05) is 45.4 Å². The summed E-state index contributed by atoms with van der Waals surface area (Å²) in [6.07, 6.45) is 8.09. The molecule has 284 valence electrons. The van der Waals surface area contributed by atoms with E-state index in [1.165, 1.54) is 32.1 Å². The van der Waals surface area contributed by atoms with Crippen LogP contribution in [0.5, 0.6) is 5.75 Å². The molecule has 0 atom stereocenters. The van der Waals surface area contributed by atoms with Gasteiger partial charge in [-0.05, 0) is 6.42 Å². The first-order valence-electron chi connectivity index (χ1n) is 16.7. The minimum absolute atomic E-state index is 0.0792. The molecule has 0 saturated carbocycles. The Labute approximate surface area is 284 Å². The summed E-state index contributed by atoms with van der Waals surface area (Å²) in [5.41, 5.74) is 0. The van der Waals surface area contributed by atoms with Gasteiger partial charge in [0.25, 0.3) is 0 Å². The molecule has 0 bridgehead atoms. The summed E-state index contributed by atoms with van der Waals surface area (Å²) in [5.74, 6) is -14.3. The van der Waals surface area contributed by atoms with Crippen molar-refractivity contribution in [2.45, 2.75) is 64.7 Å². The van der Waals surface area contributed by atoms with E-state index in [4.69, 9.17) is 37.9 Å². The van der Waals surface area contributed by atoms with Crippen LogP contribution in [-0.4, -0.2) is 111 Å². The zero-order valence-electron chi connectivity index (χ0n) is 28.4. The fourth-order valence-corrected chi connectivity index (χ4v) is 3.93. The van der Waals surface area contributed by atoms with Crippen LogP contribution in [0.25, 0.3) is 0 Å². The highest BCUT2D eigenvalue weighted by molar-refractivity contribution is 5.72. The summed E-state index contributed by atoms with van der Waals surface area (Å²) >= 11 is 0. The maximum absolute atomic E-state index is 13.5. The lowest BCUT2D eigenvalue weighted by Gasteiger charge is -2.09. The van der Waals surface area contributed by atoms with Gasteiger partial charge in [-0.2, -0.15) is 8.78 Å². The van der Waals surface area contributed by atoms with E-state index in [9.17, 15) is 31.5 Å². The van der Waals surface area contributed by atoms with Crippen LogP contribution in [0.3, 0.4) is 0 Å². The summed E-state index contributed by atoms with van der Waals surface area (Å²) in [7, 11) is 0. The summed E-state index contributed by atoms with van der Waals surface area (Å²) < 4.78 is 113. The number of benzene rings is 1. The van der Waals surface area contributed by atoms with E-state index in [1.807, 2.05) is 0 Å². The molecule has 0 aromatic heterocycles. The van der Waals surface area contributed by atoms with Crippen molar-refractivity contribution < 1.29 is 74.2 Å². The minimum Gasteiger partial charge on any atom is -0.463 e. The Morgan fingerprint density at radius 2 is 0.755 bits per heavy atom. The topological polar surface area (TPSA) is 117 Å². The van der Waals surface area contributed by atoms with Crippen molar-refractivity contribution in [2.75, 3.05) is 99.1 Å². The number of hydrogen-bond acceptors (Lipinski definition) is 11. The number of halogens is 5. The van der Waals surface area contributed by atoms with E-state index in [-0.39, 0.29) is 39.0 Å². The molecule has 16 heteroatoms. The van der Waals surface area contributed by atoms with Gasteiger partial charge < -0.3 is 42.6 Å². The number of hydrogen-bond donors (Lipinski definition) is 0. The van der Waals surface area contributed by atoms with Gasteiger partial charge in [0.15, 0.2) is 0 Å². The SMILES string of the molecule is CCCCCCCCCC(=O)OCCOCCOCCOCCOCCOCCOCCOCCC(=O)Oc1c(F)c(F)c(F)c(F)c1F. The number of ether oxygens (including phenoxy) is 9. The Kier molecular flexibility index (Phi) is 27.6. The third kappa shape index (κ3) is 22.8. The predicted octanol–water partition coefficient (Wildman–Crippen LogP) is 5.48. The van der Waals surface area contributed by atoms with Crippen LogP contribution in [0.15, 0.2) is 0 Å². The number of rotatable bonds is 33. The summed E-state index contributed by atoms with van der Waals surface area (Å²) in [6, 6.07) is 0. The fourth-order valence-electron chi connectivity index (χ4n) is 3.93. The third-order valence-corrected chi connectivity index (χ3v) is 6.54. The average Bonchev–Trinajstić information content (AvgIpc) is 3.09. The van der Waals surface area contributed by atoms with Crippen LogP contribution in [0.4, 0.5) is 22.0 Å². The second-order valence-electron chi connectivity index (χ2n) is 10.5. The Morgan fingerprint density at radius 1 is 0.408 bits per heavy atom. The van der Waals surface area contributed by atoms with Gasteiger partial charge in [-0.3, -0.25) is 9.59 Å². The molecule has 0 saturated heterocycles. The molecule has 11 nitrogen and oxygen atoms in total. The first-order chi connectivity index (χ1) is 23.8. The predicted molar refractivity (Wildman–Crippen MR) is 166 cm³/mol.